The van der Waals surface area contributed by atoms with Crippen LogP contribution in [0.4, 0.5) is 5.69 Å². The van der Waals surface area contributed by atoms with Crippen LogP contribution in [0.15, 0.2) is 54.6 Å². The summed E-state index contributed by atoms with van der Waals surface area (Å²) < 4.78 is 26.1. The van der Waals surface area contributed by atoms with E-state index in [4.69, 9.17) is 0 Å². The Kier molecular flexibility index (Phi) is 7.38. The minimum absolute atomic E-state index is 0.171. The third-order valence-corrected chi connectivity index (χ3v) is 5.18. The van der Waals surface area contributed by atoms with Gasteiger partial charge in [0.15, 0.2) is 0 Å². The number of sulfonamides is 1. The van der Waals surface area contributed by atoms with Gasteiger partial charge in [-0.15, -0.1) is 0 Å². The predicted molar refractivity (Wildman–Crippen MR) is 109 cm³/mol. The van der Waals surface area contributed by atoms with Crippen molar-refractivity contribution in [3.05, 3.63) is 65.7 Å². The number of hydrogen-bond acceptors (Lipinski definition) is 4. The van der Waals surface area contributed by atoms with Crippen molar-refractivity contribution in [1.29, 1.82) is 0 Å². The number of nitrogens with one attached hydrogen (secondary N) is 1. The molecule has 1 N–H and O–H groups in total. The molecule has 146 valence electrons. The second kappa shape index (κ2) is 9.53. The van der Waals surface area contributed by atoms with E-state index in [2.05, 4.69) is 5.32 Å². The number of anilines is 1. The van der Waals surface area contributed by atoms with E-state index in [0.717, 1.165) is 24.8 Å². The minimum atomic E-state index is -3.56. The monoisotopic (exact) mass is 389 g/mol. The standard InChI is InChI=1S/C20H27N3O3S/c1-22(2)15-9-14-21-20(24)18-12-7-8-13-19(18)23(27(3,25)26)16-17-10-5-4-6-11-17/h4-8,10-13H,9,14-16H2,1-3H3,(H,21,24). The highest BCUT2D eigenvalue weighted by molar-refractivity contribution is 7.92. The molecule has 7 heteroatoms. The molecule has 1 amide bonds. The van der Waals surface area contributed by atoms with Crippen molar-refractivity contribution in [2.24, 2.45) is 0 Å². The Balaban J connectivity index is 2.25. The summed E-state index contributed by atoms with van der Waals surface area (Å²) in [5.74, 6) is -0.272. The zero-order valence-corrected chi connectivity index (χ0v) is 16.9. The highest BCUT2D eigenvalue weighted by Gasteiger charge is 2.23. The molecule has 0 spiro atoms. The molecule has 0 aliphatic heterocycles. The lowest BCUT2D eigenvalue weighted by atomic mass is 10.1. The maximum absolute atomic E-state index is 12.6. The molecule has 0 atom stereocenters. The van der Waals surface area contributed by atoms with Crippen LogP contribution in [0.1, 0.15) is 22.3 Å². The van der Waals surface area contributed by atoms with E-state index in [1.54, 1.807) is 24.3 Å². The van der Waals surface area contributed by atoms with Gasteiger partial charge in [0.05, 0.1) is 24.1 Å². The highest BCUT2D eigenvalue weighted by Crippen LogP contribution is 2.25. The smallest absolute Gasteiger partial charge is 0.253 e. The fourth-order valence-electron chi connectivity index (χ4n) is 2.71. The molecule has 0 bridgehead atoms. The molecule has 0 fully saturated rings. The Morgan fingerprint density at radius 3 is 2.26 bits per heavy atom. The third-order valence-electron chi connectivity index (χ3n) is 4.05. The van der Waals surface area contributed by atoms with Gasteiger partial charge in [-0.3, -0.25) is 9.10 Å². The van der Waals surface area contributed by atoms with Gasteiger partial charge >= 0.3 is 0 Å². The number of para-hydroxylation sites is 1. The largest absolute Gasteiger partial charge is 0.352 e. The molecule has 0 aromatic heterocycles. The van der Waals surface area contributed by atoms with Crippen LogP contribution in [0.3, 0.4) is 0 Å². The number of carbonyl (C=O) groups excluding carboxylic acids is 1. The predicted octanol–water partition coefficient (Wildman–Crippen LogP) is 2.33. The fourth-order valence-corrected chi connectivity index (χ4v) is 3.61. The van der Waals surface area contributed by atoms with Gasteiger partial charge in [-0.1, -0.05) is 42.5 Å². The summed E-state index contributed by atoms with van der Waals surface area (Å²) in [5.41, 5.74) is 1.58. The van der Waals surface area contributed by atoms with Crippen LogP contribution < -0.4 is 9.62 Å². The maximum atomic E-state index is 12.6. The summed E-state index contributed by atoms with van der Waals surface area (Å²) in [6.07, 6.45) is 1.97. The minimum Gasteiger partial charge on any atom is -0.352 e. The summed E-state index contributed by atoms with van der Waals surface area (Å²) in [6, 6.07) is 16.1. The molecule has 0 saturated heterocycles. The molecule has 0 aliphatic carbocycles. The summed E-state index contributed by atoms with van der Waals surface area (Å²) in [7, 11) is 0.392. The quantitative estimate of drug-likeness (QED) is 0.669. The molecule has 0 unspecified atom stereocenters. The van der Waals surface area contributed by atoms with Gasteiger partial charge in [0.25, 0.3) is 5.91 Å². The van der Waals surface area contributed by atoms with Gasteiger partial charge in [0.1, 0.15) is 0 Å². The first-order valence-electron chi connectivity index (χ1n) is 8.82. The van der Waals surface area contributed by atoms with Crippen LogP contribution >= 0.6 is 0 Å². The van der Waals surface area contributed by atoms with Crippen molar-refractivity contribution < 1.29 is 13.2 Å². The van der Waals surface area contributed by atoms with Crippen molar-refractivity contribution in [2.45, 2.75) is 13.0 Å². The summed E-state index contributed by atoms with van der Waals surface area (Å²) in [4.78, 5) is 14.7. The zero-order valence-electron chi connectivity index (χ0n) is 16.1. The van der Waals surface area contributed by atoms with Gasteiger partial charge < -0.3 is 10.2 Å². The molecule has 0 saturated carbocycles. The lowest BCUT2D eigenvalue weighted by molar-refractivity contribution is 0.0953. The molecular weight excluding hydrogens is 362 g/mol. The van der Waals surface area contributed by atoms with Gasteiger partial charge in [-0.25, -0.2) is 8.42 Å². The van der Waals surface area contributed by atoms with Crippen LogP contribution in [-0.2, 0) is 16.6 Å². The van der Waals surface area contributed by atoms with Crippen molar-refractivity contribution in [3.8, 4) is 0 Å². The second-order valence-electron chi connectivity index (χ2n) is 6.69. The lowest BCUT2D eigenvalue weighted by Crippen LogP contribution is -2.33. The van der Waals surface area contributed by atoms with Gasteiger partial charge in [-0.05, 0) is 44.8 Å². The van der Waals surface area contributed by atoms with Crippen molar-refractivity contribution in [2.75, 3.05) is 37.7 Å². The summed E-state index contributed by atoms with van der Waals surface area (Å²) in [5, 5.41) is 2.88. The lowest BCUT2D eigenvalue weighted by Gasteiger charge is -2.25. The summed E-state index contributed by atoms with van der Waals surface area (Å²) >= 11 is 0. The number of rotatable bonds is 9. The molecule has 2 aromatic carbocycles. The van der Waals surface area contributed by atoms with Gasteiger partial charge in [0, 0.05) is 6.54 Å². The molecule has 2 rings (SSSR count). The van der Waals surface area contributed by atoms with Crippen molar-refractivity contribution in [3.63, 3.8) is 0 Å². The Hall–Kier alpha value is -2.38. The molecule has 6 nitrogen and oxygen atoms in total. The number of hydrogen-bond donors (Lipinski definition) is 1. The Morgan fingerprint density at radius 2 is 1.63 bits per heavy atom. The maximum Gasteiger partial charge on any atom is 0.253 e. The molecule has 2 aromatic rings. The van der Waals surface area contributed by atoms with Crippen LogP contribution in [0, 0.1) is 0 Å². The first-order chi connectivity index (χ1) is 12.8. The van der Waals surface area contributed by atoms with E-state index in [1.807, 2.05) is 49.3 Å². The topological polar surface area (TPSA) is 69.7 Å². The van der Waals surface area contributed by atoms with E-state index in [1.165, 1.54) is 4.31 Å². The summed E-state index contributed by atoms with van der Waals surface area (Å²) in [6.45, 7) is 1.57. The van der Waals surface area contributed by atoms with E-state index < -0.39 is 10.0 Å². The van der Waals surface area contributed by atoms with E-state index in [9.17, 15) is 13.2 Å². The first kappa shape index (κ1) is 20.9. The molecule has 0 radical (unpaired) electrons. The normalized spacial score (nSPS) is 11.4. The fraction of sp³-hybridized carbons (Fsp3) is 0.350. The van der Waals surface area contributed by atoms with Crippen molar-refractivity contribution >= 4 is 21.6 Å². The highest BCUT2D eigenvalue weighted by atomic mass is 32.2. The molecule has 0 heterocycles. The van der Waals surface area contributed by atoms with Crippen LogP contribution in [0.2, 0.25) is 0 Å². The first-order valence-corrected chi connectivity index (χ1v) is 10.7. The van der Waals surface area contributed by atoms with Crippen LogP contribution in [0.5, 0.6) is 0 Å². The van der Waals surface area contributed by atoms with Crippen molar-refractivity contribution in [1.82, 2.24) is 10.2 Å². The molecule has 0 aliphatic rings. The Bertz CT molecular complexity index is 852. The van der Waals surface area contributed by atoms with Crippen LogP contribution in [0.25, 0.3) is 0 Å². The Morgan fingerprint density at radius 1 is 1.00 bits per heavy atom. The molecular formula is C20H27N3O3S. The van der Waals surface area contributed by atoms with Gasteiger partial charge in [0.2, 0.25) is 10.0 Å². The number of nitrogens with zero attached hydrogens (tertiary/aromatic N) is 2. The SMILES string of the molecule is CN(C)CCCNC(=O)c1ccccc1N(Cc1ccccc1)S(C)(=O)=O. The average Bonchev–Trinajstić information content (AvgIpc) is 2.63. The van der Waals surface area contributed by atoms with E-state index in [0.29, 0.717) is 17.8 Å². The van der Waals surface area contributed by atoms with Gasteiger partial charge in [-0.2, -0.15) is 0 Å². The number of amides is 1. The van der Waals surface area contributed by atoms with Crippen LogP contribution in [-0.4, -0.2) is 52.7 Å². The third kappa shape index (κ3) is 6.37. The van der Waals surface area contributed by atoms with E-state index >= 15 is 0 Å². The Labute approximate surface area is 161 Å². The zero-order chi connectivity index (χ0) is 19.9. The van der Waals surface area contributed by atoms with E-state index in [-0.39, 0.29) is 12.5 Å². The molecule has 27 heavy (non-hydrogen) atoms. The average molecular weight is 390 g/mol. The second-order valence-corrected chi connectivity index (χ2v) is 8.59. The number of benzene rings is 2. The number of carbonyl (C=O) groups is 1.